The molecular formula is C20H23N3O3S. The molecule has 0 saturated heterocycles. The summed E-state index contributed by atoms with van der Waals surface area (Å²) in [5, 5.41) is 0.792. The highest BCUT2D eigenvalue weighted by Crippen LogP contribution is 2.35. The number of aryl methyl sites for hydroxylation is 1. The van der Waals surface area contributed by atoms with Gasteiger partial charge in [0.1, 0.15) is 15.5 Å². The molecule has 0 fully saturated rings. The van der Waals surface area contributed by atoms with Gasteiger partial charge in [0.2, 0.25) is 5.95 Å². The third-order valence-electron chi connectivity index (χ3n) is 4.11. The van der Waals surface area contributed by atoms with Gasteiger partial charge >= 0.3 is 5.97 Å². The Morgan fingerprint density at radius 2 is 2.04 bits per heavy atom. The maximum atomic E-state index is 12.1. The number of hydrogen-bond donors (Lipinski definition) is 1. The zero-order chi connectivity index (χ0) is 19.4. The van der Waals surface area contributed by atoms with Crippen LogP contribution in [-0.2, 0) is 4.74 Å². The maximum Gasteiger partial charge on any atom is 0.348 e. The van der Waals surface area contributed by atoms with E-state index in [9.17, 15) is 4.79 Å². The number of unbranched alkanes of at least 4 members (excludes halogenated alkanes) is 1. The van der Waals surface area contributed by atoms with Gasteiger partial charge in [-0.1, -0.05) is 13.3 Å². The fourth-order valence-corrected chi connectivity index (χ4v) is 3.70. The number of thiophene rings is 1. The molecule has 0 saturated carbocycles. The molecule has 2 heterocycles. The molecule has 6 nitrogen and oxygen atoms in total. The second kappa shape index (κ2) is 8.35. The standard InChI is InChI=1S/C20H23N3O3S/c1-4-6-9-26-13-7-8-14(12(3)10-13)17-15-11-16(19(24)25-5-2)27-18(15)23-20(21)22-17/h7-8,10-11H,4-6,9H2,1-3H3,(H2,21,22,23). The van der Waals surface area contributed by atoms with E-state index in [2.05, 4.69) is 16.9 Å². The minimum absolute atomic E-state index is 0.178. The van der Waals surface area contributed by atoms with E-state index in [1.807, 2.05) is 25.1 Å². The molecule has 0 aliphatic heterocycles. The number of anilines is 1. The van der Waals surface area contributed by atoms with Crippen molar-refractivity contribution in [1.29, 1.82) is 0 Å². The van der Waals surface area contributed by atoms with Gasteiger partial charge in [-0.2, -0.15) is 0 Å². The first-order valence-electron chi connectivity index (χ1n) is 9.01. The Hall–Kier alpha value is -2.67. The summed E-state index contributed by atoms with van der Waals surface area (Å²) < 4.78 is 10.9. The minimum Gasteiger partial charge on any atom is -0.494 e. The predicted molar refractivity (Wildman–Crippen MR) is 108 cm³/mol. The monoisotopic (exact) mass is 385 g/mol. The summed E-state index contributed by atoms with van der Waals surface area (Å²) >= 11 is 1.26. The number of carbonyl (C=O) groups excluding carboxylic acids is 1. The first kappa shape index (κ1) is 19.1. The van der Waals surface area contributed by atoms with Crippen molar-refractivity contribution >= 4 is 33.5 Å². The number of aromatic nitrogens is 2. The number of rotatable bonds is 7. The van der Waals surface area contributed by atoms with Crippen LogP contribution in [0.3, 0.4) is 0 Å². The fourth-order valence-electron chi connectivity index (χ4n) is 2.77. The molecule has 1 aromatic carbocycles. The third-order valence-corrected chi connectivity index (χ3v) is 5.12. The molecule has 2 aromatic heterocycles. The van der Waals surface area contributed by atoms with Crippen molar-refractivity contribution < 1.29 is 14.3 Å². The number of benzene rings is 1. The molecule has 7 heteroatoms. The van der Waals surface area contributed by atoms with Crippen LogP contribution in [0.2, 0.25) is 0 Å². The molecule has 0 aliphatic rings. The SMILES string of the molecule is CCCCOc1ccc(-c2nc(N)nc3sc(C(=O)OCC)cc23)c(C)c1. The van der Waals surface area contributed by atoms with E-state index in [-0.39, 0.29) is 11.9 Å². The van der Waals surface area contributed by atoms with Gasteiger partial charge in [-0.3, -0.25) is 0 Å². The van der Waals surface area contributed by atoms with E-state index >= 15 is 0 Å². The van der Waals surface area contributed by atoms with Crippen molar-refractivity contribution in [3.63, 3.8) is 0 Å². The van der Waals surface area contributed by atoms with Crippen LogP contribution in [0.15, 0.2) is 24.3 Å². The molecule has 142 valence electrons. The number of fused-ring (bicyclic) bond motifs is 1. The average molecular weight is 385 g/mol. The Bertz CT molecular complexity index is 969. The highest BCUT2D eigenvalue weighted by molar-refractivity contribution is 7.20. The quantitative estimate of drug-likeness (QED) is 0.472. The molecule has 27 heavy (non-hydrogen) atoms. The summed E-state index contributed by atoms with van der Waals surface area (Å²) in [5.41, 5.74) is 8.58. The molecule has 2 N–H and O–H groups in total. The molecule has 0 unspecified atom stereocenters. The Labute approximate surface area is 162 Å². The zero-order valence-corrected chi connectivity index (χ0v) is 16.6. The second-order valence-corrected chi connectivity index (χ2v) is 7.19. The summed E-state index contributed by atoms with van der Waals surface area (Å²) in [6.07, 6.45) is 2.12. The van der Waals surface area contributed by atoms with E-state index in [0.29, 0.717) is 28.6 Å². The molecular weight excluding hydrogens is 362 g/mol. The van der Waals surface area contributed by atoms with Crippen LogP contribution in [0.1, 0.15) is 41.9 Å². The van der Waals surface area contributed by atoms with Crippen molar-refractivity contribution in [1.82, 2.24) is 9.97 Å². The molecule has 0 radical (unpaired) electrons. The Balaban J connectivity index is 2.01. The summed E-state index contributed by atoms with van der Waals surface area (Å²) in [4.78, 5) is 21.9. The number of carbonyl (C=O) groups is 1. The predicted octanol–water partition coefficient (Wildman–Crippen LogP) is 4.60. The van der Waals surface area contributed by atoms with Crippen LogP contribution in [0, 0.1) is 6.92 Å². The van der Waals surface area contributed by atoms with Gasteiger partial charge in [-0.15, -0.1) is 11.3 Å². The first-order chi connectivity index (χ1) is 13.0. The van der Waals surface area contributed by atoms with Crippen molar-refractivity contribution in [2.75, 3.05) is 18.9 Å². The molecule has 3 rings (SSSR count). The summed E-state index contributed by atoms with van der Waals surface area (Å²) in [6.45, 7) is 6.94. The normalized spacial score (nSPS) is 10.9. The van der Waals surface area contributed by atoms with Gasteiger partial charge in [0.05, 0.1) is 18.9 Å². The van der Waals surface area contributed by atoms with Gasteiger partial charge in [0, 0.05) is 10.9 Å². The number of hydrogen-bond acceptors (Lipinski definition) is 7. The van der Waals surface area contributed by atoms with Gasteiger partial charge in [-0.25, -0.2) is 14.8 Å². The average Bonchev–Trinajstić information content (AvgIpc) is 3.06. The van der Waals surface area contributed by atoms with E-state index in [1.165, 1.54) is 11.3 Å². The second-order valence-electron chi connectivity index (χ2n) is 6.16. The van der Waals surface area contributed by atoms with Crippen molar-refractivity contribution in [3.8, 4) is 17.0 Å². The van der Waals surface area contributed by atoms with Crippen LogP contribution in [0.4, 0.5) is 5.95 Å². The van der Waals surface area contributed by atoms with E-state index < -0.39 is 0 Å². The summed E-state index contributed by atoms with van der Waals surface area (Å²) in [5.74, 6) is 0.652. The molecule has 3 aromatic rings. The Morgan fingerprint density at radius 1 is 1.22 bits per heavy atom. The smallest absolute Gasteiger partial charge is 0.348 e. The lowest BCUT2D eigenvalue weighted by molar-refractivity contribution is 0.0532. The van der Waals surface area contributed by atoms with Crippen LogP contribution in [-0.4, -0.2) is 29.2 Å². The Morgan fingerprint density at radius 3 is 2.74 bits per heavy atom. The van der Waals surface area contributed by atoms with Crippen molar-refractivity contribution in [3.05, 3.63) is 34.7 Å². The van der Waals surface area contributed by atoms with E-state index in [0.717, 1.165) is 35.1 Å². The lowest BCUT2D eigenvalue weighted by Crippen LogP contribution is -2.01. The van der Waals surface area contributed by atoms with Gasteiger partial charge < -0.3 is 15.2 Å². The topological polar surface area (TPSA) is 87.3 Å². The fraction of sp³-hybridized carbons (Fsp3) is 0.350. The van der Waals surface area contributed by atoms with Crippen LogP contribution >= 0.6 is 11.3 Å². The maximum absolute atomic E-state index is 12.1. The highest BCUT2D eigenvalue weighted by Gasteiger charge is 2.18. The summed E-state index contributed by atoms with van der Waals surface area (Å²) in [6, 6.07) is 7.67. The number of nitrogens with zero attached hydrogens (tertiary/aromatic N) is 2. The highest BCUT2D eigenvalue weighted by atomic mass is 32.1. The van der Waals surface area contributed by atoms with Gasteiger partial charge in [-0.05, 0) is 50.1 Å². The minimum atomic E-state index is -0.360. The van der Waals surface area contributed by atoms with Crippen molar-refractivity contribution in [2.24, 2.45) is 0 Å². The van der Waals surface area contributed by atoms with Crippen LogP contribution in [0.25, 0.3) is 21.5 Å². The lowest BCUT2D eigenvalue weighted by Gasteiger charge is -2.11. The lowest BCUT2D eigenvalue weighted by atomic mass is 10.0. The van der Waals surface area contributed by atoms with Crippen LogP contribution < -0.4 is 10.5 Å². The van der Waals surface area contributed by atoms with Crippen LogP contribution in [0.5, 0.6) is 5.75 Å². The largest absolute Gasteiger partial charge is 0.494 e. The summed E-state index contributed by atoms with van der Waals surface area (Å²) in [7, 11) is 0. The first-order valence-corrected chi connectivity index (χ1v) is 9.83. The van der Waals surface area contributed by atoms with Gasteiger partial charge in [0.25, 0.3) is 0 Å². The Kier molecular flexibility index (Phi) is 5.91. The number of esters is 1. The number of nitrogen functional groups attached to an aromatic ring is 1. The molecule has 0 atom stereocenters. The molecule has 0 bridgehead atoms. The number of ether oxygens (including phenoxy) is 2. The zero-order valence-electron chi connectivity index (χ0n) is 15.7. The molecule has 0 aliphatic carbocycles. The third kappa shape index (κ3) is 4.19. The van der Waals surface area contributed by atoms with Gasteiger partial charge in [0.15, 0.2) is 0 Å². The molecule has 0 amide bonds. The van der Waals surface area contributed by atoms with E-state index in [1.54, 1.807) is 13.0 Å². The van der Waals surface area contributed by atoms with E-state index in [4.69, 9.17) is 15.2 Å². The molecule has 0 spiro atoms. The van der Waals surface area contributed by atoms with Crippen molar-refractivity contribution in [2.45, 2.75) is 33.6 Å². The number of nitrogens with two attached hydrogens (primary N) is 1.